The molecule has 0 aromatic heterocycles. The lowest BCUT2D eigenvalue weighted by molar-refractivity contribution is -0.150. The second-order valence-electron chi connectivity index (χ2n) is 2.55. The van der Waals surface area contributed by atoms with Crippen LogP contribution in [-0.4, -0.2) is 18.1 Å². The smallest absolute Gasteiger partial charge is 0.390 e. The average Bonchev–Trinajstić information content (AvgIpc) is 1.59. The van der Waals surface area contributed by atoms with Crippen LogP contribution in [0.1, 0.15) is 13.8 Å². The zero-order valence-electron chi connectivity index (χ0n) is 6.18. The van der Waals surface area contributed by atoms with Gasteiger partial charge in [0, 0.05) is 13.8 Å². The zero-order valence-corrected chi connectivity index (χ0v) is 6.18. The summed E-state index contributed by atoms with van der Waals surface area (Å²) in [6.07, 6.45) is 0. The molecule has 0 fully saturated rings. The average molecular weight is 140 g/mol. The fraction of sp³-hybridized carbons (Fsp3) is 0.571. The minimum Gasteiger partial charge on any atom is -0.413 e. The van der Waals surface area contributed by atoms with Gasteiger partial charge in [-0.25, -0.2) is 11.4 Å². The van der Waals surface area contributed by atoms with Gasteiger partial charge in [0.25, 0.3) is 0 Å². The second kappa shape index (κ2) is 3.11. The Labute approximate surface area is 60.8 Å². The fourth-order valence-corrected chi connectivity index (χ4v) is 0.405. The summed E-state index contributed by atoms with van der Waals surface area (Å²) < 4.78 is 4.71. The highest BCUT2D eigenvalue weighted by Gasteiger charge is 2.24. The van der Waals surface area contributed by atoms with Gasteiger partial charge < -0.3 is 9.58 Å². The number of esters is 1. The molecule has 0 aliphatic heterocycles. The third kappa shape index (κ3) is 4.98. The summed E-state index contributed by atoms with van der Waals surface area (Å²) in [6, 6.07) is 0. The lowest BCUT2D eigenvalue weighted by atomic mass is 10.2. The molecular formula is C7H10NO2+. The van der Waals surface area contributed by atoms with E-state index in [0.29, 0.717) is 0 Å². The molecule has 10 heavy (non-hydrogen) atoms. The van der Waals surface area contributed by atoms with Crippen molar-refractivity contribution in [2.45, 2.75) is 19.4 Å². The second-order valence-corrected chi connectivity index (χ2v) is 2.55. The summed E-state index contributed by atoms with van der Waals surface area (Å²) in [4.78, 5) is 13.5. The first kappa shape index (κ1) is 8.83. The van der Waals surface area contributed by atoms with Gasteiger partial charge in [-0.1, -0.05) is 0 Å². The van der Waals surface area contributed by atoms with Gasteiger partial charge in [0.05, 0.1) is 0 Å². The molecule has 0 aliphatic rings. The largest absolute Gasteiger partial charge is 0.413 e. The molecule has 0 rings (SSSR count). The van der Waals surface area contributed by atoms with Crippen LogP contribution < -0.4 is 0 Å². The molecule has 0 aromatic carbocycles. The summed E-state index contributed by atoms with van der Waals surface area (Å²) >= 11 is 0. The van der Waals surface area contributed by atoms with Gasteiger partial charge in [-0.3, -0.25) is 0 Å². The van der Waals surface area contributed by atoms with Crippen molar-refractivity contribution in [2.24, 2.45) is 0 Å². The summed E-state index contributed by atoms with van der Waals surface area (Å²) in [6.45, 7) is 13.0. The van der Waals surface area contributed by atoms with E-state index < -0.39 is 11.6 Å². The normalized spacial score (nSPS) is 10.1. The van der Waals surface area contributed by atoms with Gasteiger partial charge in [-0.15, -0.1) is 0 Å². The van der Waals surface area contributed by atoms with Gasteiger partial charge in [0.2, 0.25) is 5.60 Å². The molecule has 0 spiro atoms. The van der Waals surface area contributed by atoms with E-state index in [0.717, 1.165) is 0 Å². The van der Waals surface area contributed by atoms with Crippen molar-refractivity contribution in [2.75, 3.05) is 6.54 Å². The first-order valence-corrected chi connectivity index (χ1v) is 2.86. The van der Waals surface area contributed by atoms with E-state index in [2.05, 4.69) is 11.8 Å². The van der Waals surface area contributed by atoms with E-state index in [1.54, 1.807) is 13.8 Å². The highest BCUT2D eigenvalue weighted by atomic mass is 16.6. The van der Waals surface area contributed by atoms with Crippen LogP contribution in [0.4, 0.5) is 0 Å². The van der Waals surface area contributed by atoms with Crippen LogP contribution >= 0.6 is 0 Å². The van der Waals surface area contributed by atoms with Crippen molar-refractivity contribution in [3.8, 4) is 0 Å². The van der Waals surface area contributed by atoms with Crippen LogP contribution in [0.25, 0.3) is 4.85 Å². The molecule has 0 saturated carbocycles. The zero-order chi connectivity index (χ0) is 8.20. The van der Waals surface area contributed by atoms with Gasteiger partial charge in [0.1, 0.15) is 6.92 Å². The Kier molecular flexibility index (Phi) is 2.75. The van der Waals surface area contributed by atoms with Crippen molar-refractivity contribution in [3.63, 3.8) is 0 Å². The molecule has 0 aromatic rings. The highest BCUT2D eigenvalue weighted by molar-refractivity contribution is 5.73. The Balaban J connectivity index is 3.72. The van der Waals surface area contributed by atoms with E-state index >= 15 is 0 Å². The van der Waals surface area contributed by atoms with E-state index in [4.69, 9.17) is 11.3 Å². The molecule has 0 heterocycles. The minimum atomic E-state index is -0.720. The monoisotopic (exact) mass is 140 g/mol. The summed E-state index contributed by atoms with van der Waals surface area (Å²) in [7, 11) is 0. The molecule has 0 bridgehead atoms. The SMILES string of the molecule is [C-]#[N+]CC(=O)OC([CH2+])(C)C. The lowest BCUT2D eigenvalue weighted by Gasteiger charge is -2.09. The number of rotatable bonds is 2. The number of hydrogen-bond donors (Lipinski definition) is 0. The van der Waals surface area contributed by atoms with Gasteiger partial charge in [0.15, 0.2) is 0 Å². The van der Waals surface area contributed by atoms with Gasteiger partial charge in [-0.2, -0.15) is 0 Å². The Hall–Kier alpha value is -1.17. The quantitative estimate of drug-likeness (QED) is 0.424. The number of carbonyl (C=O) groups is 1. The number of nitrogens with zero attached hydrogens (tertiary/aromatic N) is 1. The first-order chi connectivity index (χ1) is 4.45. The Bertz CT molecular complexity index is 161. The number of carbonyl (C=O) groups excluding carboxylic acids is 1. The molecular weight excluding hydrogens is 130 g/mol. The predicted octanol–water partition coefficient (Wildman–Crippen LogP) is 1.06. The van der Waals surface area contributed by atoms with Crippen LogP contribution in [0, 0.1) is 13.5 Å². The van der Waals surface area contributed by atoms with E-state index in [1.807, 2.05) is 0 Å². The third-order valence-electron chi connectivity index (χ3n) is 0.598. The maximum atomic E-state index is 10.6. The Morgan fingerprint density at radius 2 is 2.30 bits per heavy atom. The molecule has 0 radical (unpaired) electrons. The van der Waals surface area contributed by atoms with Crippen LogP contribution in [-0.2, 0) is 9.53 Å². The summed E-state index contributed by atoms with van der Waals surface area (Å²) in [5.41, 5.74) is -0.720. The van der Waals surface area contributed by atoms with Crippen LogP contribution in [0.5, 0.6) is 0 Å². The molecule has 3 heteroatoms. The van der Waals surface area contributed by atoms with Crippen molar-refractivity contribution in [1.29, 1.82) is 0 Å². The van der Waals surface area contributed by atoms with Crippen molar-refractivity contribution >= 4 is 5.97 Å². The number of ether oxygens (including phenoxy) is 1. The third-order valence-corrected chi connectivity index (χ3v) is 0.598. The molecule has 3 nitrogen and oxygen atoms in total. The number of hydrogen-bond acceptors (Lipinski definition) is 2. The topological polar surface area (TPSA) is 30.7 Å². The van der Waals surface area contributed by atoms with E-state index in [1.165, 1.54) is 0 Å². The van der Waals surface area contributed by atoms with Crippen LogP contribution in [0.2, 0.25) is 0 Å². The first-order valence-electron chi connectivity index (χ1n) is 2.86. The molecule has 54 valence electrons. The van der Waals surface area contributed by atoms with Crippen molar-refractivity contribution < 1.29 is 9.53 Å². The standard InChI is InChI=1S/C7H10NO2/c1-7(2,3)10-6(9)5-8-4/h1,5H2,2-3H3/q+1. The maximum Gasteiger partial charge on any atom is 0.390 e. The van der Waals surface area contributed by atoms with Crippen molar-refractivity contribution in [3.05, 3.63) is 18.3 Å². The van der Waals surface area contributed by atoms with Crippen molar-refractivity contribution in [1.82, 2.24) is 0 Å². The highest BCUT2D eigenvalue weighted by Crippen LogP contribution is 2.05. The molecule has 0 unspecified atom stereocenters. The van der Waals surface area contributed by atoms with Crippen LogP contribution in [0.3, 0.4) is 0 Å². The Morgan fingerprint density at radius 1 is 1.80 bits per heavy atom. The summed E-state index contributed by atoms with van der Waals surface area (Å²) in [5.74, 6) is -0.519. The Morgan fingerprint density at radius 3 is 2.60 bits per heavy atom. The molecule has 0 amide bonds. The molecule has 0 saturated heterocycles. The fourth-order valence-electron chi connectivity index (χ4n) is 0.405. The maximum absolute atomic E-state index is 10.6. The molecule has 0 aliphatic carbocycles. The minimum absolute atomic E-state index is 0.223. The molecule has 0 atom stereocenters. The van der Waals surface area contributed by atoms with Crippen LogP contribution in [0.15, 0.2) is 0 Å². The molecule has 0 N–H and O–H groups in total. The van der Waals surface area contributed by atoms with Gasteiger partial charge in [-0.05, 0) is 0 Å². The summed E-state index contributed by atoms with van der Waals surface area (Å²) in [5, 5.41) is 0. The van der Waals surface area contributed by atoms with E-state index in [9.17, 15) is 4.79 Å². The lowest BCUT2D eigenvalue weighted by Crippen LogP contribution is -2.25. The predicted molar refractivity (Wildman–Crippen MR) is 37.0 cm³/mol. The van der Waals surface area contributed by atoms with E-state index in [-0.39, 0.29) is 6.54 Å². The van der Waals surface area contributed by atoms with Gasteiger partial charge >= 0.3 is 12.5 Å².